The van der Waals surface area contributed by atoms with Crippen LogP contribution < -0.4 is 10.6 Å². The third-order valence-corrected chi connectivity index (χ3v) is 4.66. The smallest absolute Gasteiger partial charge is 0.320 e. The van der Waals surface area contributed by atoms with E-state index in [1.807, 2.05) is 9.80 Å². The van der Waals surface area contributed by atoms with E-state index in [1.54, 1.807) is 0 Å². The highest BCUT2D eigenvalue weighted by atomic mass is 16.2. The molecule has 0 bridgehead atoms. The normalized spacial score (nSPS) is 27.2. The van der Waals surface area contributed by atoms with Gasteiger partial charge in [0.1, 0.15) is 0 Å². The van der Waals surface area contributed by atoms with Crippen LogP contribution in [0.4, 0.5) is 9.59 Å². The van der Waals surface area contributed by atoms with Crippen molar-refractivity contribution in [3.63, 3.8) is 0 Å². The fraction of sp³-hybridized carbons (Fsp3) is 0.857. The van der Waals surface area contributed by atoms with E-state index in [1.165, 1.54) is 6.42 Å². The van der Waals surface area contributed by atoms with Crippen molar-refractivity contribution in [1.29, 1.82) is 0 Å². The summed E-state index contributed by atoms with van der Waals surface area (Å²) >= 11 is 0. The van der Waals surface area contributed by atoms with Crippen LogP contribution in [0.1, 0.15) is 39.0 Å². The number of urea groups is 2. The number of hydrogen-bond donors (Lipinski definition) is 2. The minimum absolute atomic E-state index is 0.00813. The quantitative estimate of drug-likeness (QED) is 0.810. The van der Waals surface area contributed by atoms with Crippen LogP contribution in [0.15, 0.2) is 0 Å². The molecule has 0 aromatic heterocycles. The first-order valence-electron chi connectivity index (χ1n) is 7.69. The summed E-state index contributed by atoms with van der Waals surface area (Å²) in [6, 6.07) is 0.427. The van der Waals surface area contributed by atoms with E-state index >= 15 is 0 Å². The van der Waals surface area contributed by atoms with Crippen LogP contribution in [0, 0.1) is 0 Å². The topological polar surface area (TPSA) is 64.7 Å². The predicted molar refractivity (Wildman–Crippen MR) is 75.5 cm³/mol. The van der Waals surface area contributed by atoms with Crippen LogP contribution >= 0.6 is 0 Å². The van der Waals surface area contributed by atoms with Crippen LogP contribution in [-0.4, -0.2) is 59.6 Å². The van der Waals surface area contributed by atoms with Gasteiger partial charge < -0.3 is 20.4 Å². The van der Waals surface area contributed by atoms with Gasteiger partial charge in [-0.15, -0.1) is 0 Å². The zero-order chi connectivity index (χ0) is 14.2. The number of carbonyl (C=O) groups is 2. The molecule has 0 spiro atoms. The number of nitrogens with zero attached hydrogens (tertiary/aromatic N) is 2. The van der Waals surface area contributed by atoms with Gasteiger partial charge in [0.2, 0.25) is 0 Å². The van der Waals surface area contributed by atoms with Crippen molar-refractivity contribution in [3.05, 3.63) is 0 Å². The molecule has 112 valence electrons. The second-order valence-electron chi connectivity index (χ2n) is 6.51. The van der Waals surface area contributed by atoms with E-state index in [2.05, 4.69) is 17.6 Å². The third kappa shape index (κ3) is 2.83. The van der Waals surface area contributed by atoms with Gasteiger partial charge in [0.15, 0.2) is 0 Å². The monoisotopic (exact) mass is 280 g/mol. The Hall–Kier alpha value is -1.46. The van der Waals surface area contributed by atoms with Gasteiger partial charge in [-0.3, -0.25) is 0 Å². The van der Waals surface area contributed by atoms with Crippen LogP contribution in [-0.2, 0) is 0 Å². The Balaban J connectivity index is 1.40. The lowest BCUT2D eigenvalue weighted by atomic mass is 10.0. The molecule has 1 saturated carbocycles. The van der Waals surface area contributed by atoms with Crippen molar-refractivity contribution in [3.8, 4) is 0 Å². The lowest BCUT2D eigenvalue weighted by molar-refractivity contribution is 0.175. The fourth-order valence-corrected chi connectivity index (χ4v) is 3.08. The Morgan fingerprint density at radius 3 is 2.90 bits per heavy atom. The molecular weight excluding hydrogens is 256 g/mol. The first-order valence-corrected chi connectivity index (χ1v) is 7.69. The van der Waals surface area contributed by atoms with E-state index in [0.29, 0.717) is 19.1 Å². The van der Waals surface area contributed by atoms with Gasteiger partial charge in [-0.05, 0) is 39.0 Å². The van der Waals surface area contributed by atoms with Gasteiger partial charge in [0.25, 0.3) is 0 Å². The highest BCUT2D eigenvalue weighted by Gasteiger charge is 2.39. The summed E-state index contributed by atoms with van der Waals surface area (Å²) in [6.07, 6.45) is 5.58. The summed E-state index contributed by atoms with van der Waals surface area (Å²) in [5.41, 5.74) is 0.00813. The molecule has 1 aliphatic carbocycles. The molecule has 6 nitrogen and oxygen atoms in total. The number of carbonyl (C=O) groups excluding carboxylic acids is 2. The second-order valence-corrected chi connectivity index (χ2v) is 6.51. The molecule has 0 radical (unpaired) electrons. The maximum atomic E-state index is 12.2. The number of nitrogens with one attached hydrogen (secondary N) is 2. The number of amides is 4. The lowest BCUT2D eigenvalue weighted by Crippen LogP contribution is -2.45. The lowest BCUT2D eigenvalue weighted by Gasteiger charge is -2.27. The summed E-state index contributed by atoms with van der Waals surface area (Å²) in [7, 11) is 0. The van der Waals surface area contributed by atoms with Gasteiger partial charge in [0, 0.05) is 31.7 Å². The molecule has 2 saturated heterocycles. The Kier molecular flexibility index (Phi) is 3.48. The summed E-state index contributed by atoms with van der Waals surface area (Å²) in [5, 5.41) is 5.80. The molecule has 0 aromatic rings. The van der Waals surface area contributed by atoms with Gasteiger partial charge in [-0.25, -0.2) is 9.59 Å². The Labute approximate surface area is 119 Å². The molecule has 2 heterocycles. The Morgan fingerprint density at radius 2 is 2.20 bits per heavy atom. The molecule has 0 aromatic carbocycles. The number of piperidine rings is 1. The maximum absolute atomic E-state index is 12.2. The van der Waals surface area contributed by atoms with Crippen molar-refractivity contribution in [1.82, 2.24) is 20.4 Å². The van der Waals surface area contributed by atoms with Crippen LogP contribution in [0.2, 0.25) is 0 Å². The van der Waals surface area contributed by atoms with Crippen molar-refractivity contribution in [2.24, 2.45) is 0 Å². The molecule has 3 fully saturated rings. The molecule has 1 atom stereocenters. The zero-order valence-corrected chi connectivity index (χ0v) is 12.2. The molecule has 2 aliphatic heterocycles. The Bertz CT molecular complexity index is 408. The summed E-state index contributed by atoms with van der Waals surface area (Å²) < 4.78 is 0. The Morgan fingerprint density at radius 1 is 1.40 bits per heavy atom. The van der Waals surface area contributed by atoms with Gasteiger partial charge >= 0.3 is 12.1 Å². The van der Waals surface area contributed by atoms with Crippen LogP contribution in [0.25, 0.3) is 0 Å². The van der Waals surface area contributed by atoms with E-state index < -0.39 is 0 Å². The summed E-state index contributed by atoms with van der Waals surface area (Å²) in [4.78, 5) is 27.7. The van der Waals surface area contributed by atoms with Crippen molar-refractivity contribution < 1.29 is 9.59 Å². The average Bonchev–Trinajstić information content (AvgIpc) is 3.05. The van der Waals surface area contributed by atoms with Crippen LogP contribution in [0.5, 0.6) is 0 Å². The van der Waals surface area contributed by atoms with Crippen molar-refractivity contribution in [2.75, 3.05) is 26.2 Å². The van der Waals surface area contributed by atoms with E-state index in [9.17, 15) is 9.59 Å². The molecular formula is C14H24N4O2. The molecule has 20 heavy (non-hydrogen) atoms. The highest BCUT2D eigenvalue weighted by Crippen LogP contribution is 2.33. The summed E-state index contributed by atoms with van der Waals surface area (Å²) in [6.45, 7) is 4.89. The number of rotatable bonds is 4. The SMILES string of the molecule is CC1(NC(=O)NCCN2CC3CCCCN3C2=O)CC1. The fourth-order valence-electron chi connectivity index (χ4n) is 3.08. The zero-order valence-electron chi connectivity index (χ0n) is 12.2. The van der Waals surface area contributed by atoms with Gasteiger partial charge in [-0.1, -0.05) is 0 Å². The minimum atomic E-state index is -0.116. The maximum Gasteiger partial charge on any atom is 0.320 e. The highest BCUT2D eigenvalue weighted by molar-refractivity contribution is 5.78. The first kappa shape index (κ1) is 13.5. The largest absolute Gasteiger partial charge is 0.336 e. The minimum Gasteiger partial charge on any atom is -0.336 e. The van der Waals surface area contributed by atoms with Gasteiger partial charge in [-0.2, -0.15) is 0 Å². The van der Waals surface area contributed by atoms with Crippen molar-refractivity contribution in [2.45, 2.75) is 50.6 Å². The van der Waals surface area contributed by atoms with E-state index in [0.717, 1.165) is 38.8 Å². The summed E-state index contributed by atoms with van der Waals surface area (Å²) in [5.74, 6) is 0. The first-order chi connectivity index (χ1) is 9.57. The third-order valence-electron chi connectivity index (χ3n) is 4.66. The number of hydrogen-bond acceptors (Lipinski definition) is 2. The molecule has 3 aliphatic rings. The standard InChI is InChI=1S/C14H24N4O2/c1-14(5-6-14)16-12(19)15-7-9-17-10-11-4-2-3-8-18(11)13(17)20/h11H,2-10H2,1H3,(H2,15,16,19). The predicted octanol–water partition coefficient (Wildman–Crippen LogP) is 1.13. The van der Waals surface area contributed by atoms with Crippen molar-refractivity contribution >= 4 is 12.1 Å². The number of fused-ring (bicyclic) bond motifs is 1. The molecule has 4 amide bonds. The van der Waals surface area contributed by atoms with E-state index in [4.69, 9.17) is 0 Å². The molecule has 6 heteroatoms. The van der Waals surface area contributed by atoms with E-state index in [-0.39, 0.29) is 17.6 Å². The van der Waals surface area contributed by atoms with Crippen LogP contribution in [0.3, 0.4) is 0 Å². The molecule has 3 rings (SSSR count). The average molecular weight is 280 g/mol. The second kappa shape index (κ2) is 5.14. The molecule has 2 N–H and O–H groups in total. The molecule has 1 unspecified atom stereocenters. The van der Waals surface area contributed by atoms with Gasteiger partial charge in [0.05, 0.1) is 6.04 Å².